The summed E-state index contributed by atoms with van der Waals surface area (Å²) in [6.07, 6.45) is -20.7. The Labute approximate surface area is 328 Å². The maximum atomic E-state index is 12.2. The van der Waals surface area contributed by atoms with Gasteiger partial charge in [-0.3, -0.25) is 4.57 Å². The van der Waals surface area contributed by atoms with E-state index in [4.69, 9.17) is 42.4 Å². The summed E-state index contributed by atoms with van der Waals surface area (Å²) in [6, 6.07) is 0. The number of hydrogen-bond acceptors (Lipinski definition) is 19. The van der Waals surface area contributed by atoms with E-state index in [1.54, 1.807) is 20.8 Å². The molecule has 20 nitrogen and oxygen atoms in total. The second-order valence-electron chi connectivity index (χ2n) is 16.4. The van der Waals surface area contributed by atoms with Crippen LogP contribution in [0.4, 0.5) is 0 Å². The van der Waals surface area contributed by atoms with E-state index in [2.05, 4.69) is 0 Å². The van der Waals surface area contributed by atoms with Crippen LogP contribution < -0.4 is 0 Å². The van der Waals surface area contributed by atoms with Crippen molar-refractivity contribution in [1.29, 1.82) is 0 Å². The molecule has 3 aliphatic heterocycles. The first-order valence-corrected chi connectivity index (χ1v) is 20.8. The van der Waals surface area contributed by atoms with E-state index in [0.29, 0.717) is 38.9 Å². The first-order chi connectivity index (χ1) is 26.1. The van der Waals surface area contributed by atoms with Crippen LogP contribution in [0.25, 0.3) is 0 Å². The molecule has 16 unspecified atom stereocenters. The molecule has 0 aromatic heterocycles. The first kappa shape index (κ1) is 49.8. The molecule has 3 saturated heterocycles. The van der Waals surface area contributed by atoms with Crippen molar-refractivity contribution in [3.63, 3.8) is 0 Å². The molecule has 0 saturated carbocycles. The molecule has 3 rings (SSSR count). The van der Waals surface area contributed by atoms with Gasteiger partial charge >= 0.3 is 7.60 Å². The zero-order valence-electron chi connectivity index (χ0n) is 33.1. The highest BCUT2D eigenvalue weighted by Gasteiger charge is 2.49. The highest BCUT2D eigenvalue weighted by atomic mass is 31.2. The summed E-state index contributed by atoms with van der Waals surface area (Å²) in [7, 11) is -3.78. The van der Waals surface area contributed by atoms with Crippen LogP contribution in [0.15, 0.2) is 0 Å². The van der Waals surface area contributed by atoms with Crippen molar-refractivity contribution in [1.82, 2.24) is 0 Å². The molecule has 0 spiro atoms. The molecule has 0 aromatic carbocycles. The summed E-state index contributed by atoms with van der Waals surface area (Å²) in [5.41, 5.74) is -0.258. The molecule has 3 aliphatic rings. The largest absolute Gasteiger partial charge is 0.387 e. The molecule has 3 heterocycles. The quantitative estimate of drug-likeness (QED) is 0.0452. The van der Waals surface area contributed by atoms with Crippen LogP contribution in [-0.2, 0) is 47.0 Å². The summed E-state index contributed by atoms with van der Waals surface area (Å²) in [4.78, 5) is 9.99. The molecular formula is C35H67O20P. The monoisotopic (exact) mass is 838 g/mol. The minimum absolute atomic E-state index is 0.0562. The average Bonchev–Trinajstić information content (AvgIpc) is 3.12. The van der Waals surface area contributed by atoms with Gasteiger partial charge in [-0.2, -0.15) is 0 Å². The minimum atomic E-state index is -3.78. The minimum Gasteiger partial charge on any atom is -0.387 e. The Morgan fingerprint density at radius 1 is 0.482 bits per heavy atom. The Hall–Kier alpha value is -0.530. The SMILES string of the molecule is CC(C)(C)OCCCCOCC1OC(OCC2OC(OCC3OC(OCCCCCOP(=O)(O)C(C)(C)C)C(O)C(O)C3O)C(O)C(O)C2O)C(O)C(O)C1O. The molecule has 0 aromatic rings. The maximum absolute atomic E-state index is 12.2. The highest BCUT2D eigenvalue weighted by molar-refractivity contribution is 7.54. The molecule has 3 fully saturated rings. The van der Waals surface area contributed by atoms with Gasteiger partial charge < -0.3 is 93.3 Å². The van der Waals surface area contributed by atoms with Gasteiger partial charge in [0.05, 0.1) is 37.2 Å². The van der Waals surface area contributed by atoms with Crippen molar-refractivity contribution in [3.05, 3.63) is 0 Å². The lowest BCUT2D eigenvalue weighted by molar-refractivity contribution is -0.342. The van der Waals surface area contributed by atoms with Crippen LogP contribution >= 0.6 is 7.60 Å². The average molecular weight is 839 g/mol. The third-order valence-corrected chi connectivity index (χ3v) is 11.8. The van der Waals surface area contributed by atoms with E-state index in [1.807, 2.05) is 20.8 Å². The van der Waals surface area contributed by atoms with Gasteiger partial charge in [0, 0.05) is 19.8 Å². The topological polar surface area (TPSA) is 302 Å². The van der Waals surface area contributed by atoms with Crippen LogP contribution in [0.3, 0.4) is 0 Å². The summed E-state index contributed by atoms with van der Waals surface area (Å²) in [5, 5.41) is 93.8. The van der Waals surface area contributed by atoms with Crippen molar-refractivity contribution in [2.24, 2.45) is 0 Å². The summed E-state index contributed by atoms with van der Waals surface area (Å²) < 4.78 is 62.4. The van der Waals surface area contributed by atoms with Gasteiger partial charge in [-0.05, 0) is 73.6 Å². The van der Waals surface area contributed by atoms with E-state index in [0.717, 1.165) is 6.42 Å². The molecule has 21 heteroatoms. The number of aliphatic hydroxyl groups excluding tert-OH is 9. The first-order valence-electron chi connectivity index (χ1n) is 19.2. The fourth-order valence-electron chi connectivity index (χ4n) is 5.80. The highest BCUT2D eigenvalue weighted by Crippen LogP contribution is 2.54. The Kier molecular flexibility index (Phi) is 19.9. The van der Waals surface area contributed by atoms with E-state index in [-0.39, 0.29) is 25.4 Å². The summed E-state index contributed by atoms with van der Waals surface area (Å²) in [6.45, 7) is 10.4. The maximum Gasteiger partial charge on any atom is 0.333 e. The van der Waals surface area contributed by atoms with Crippen molar-refractivity contribution in [3.8, 4) is 0 Å². The zero-order valence-corrected chi connectivity index (χ0v) is 34.0. The van der Waals surface area contributed by atoms with Crippen LogP contribution in [0.5, 0.6) is 0 Å². The normalized spacial score (nSPS) is 38.4. The molecule has 332 valence electrons. The third-order valence-electron chi connectivity index (χ3n) is 9.54. The molecular weight excluding hydrogens is 771 g/mol. The lowest BCUT2D eigenvalue weighted by atomic mass is 9.98. The second kappa shape index (κ2) is 22.4. The molecule has 0 amide bonds. The van der Waals surface area contributed by atoms with Gasteiger partial charge in [0.25, 0.3) is 0 Å². The predicted molar refractivity (Wildman–Crippen MR) is 193 cm³/mol. The Morgan fingerprint density at radius 3 is 1.32 bits per heavy atom. The van der Waals surface area contributed by atoms with Crippen LogP contribution in [0.1, 0.15) is 73.6 Å². The van der Waals surface area contributed by atoms with Crippen LogP contribution in [0.2, 0.25) is 0 Å². The van der Waals surface area contributed by atoms with Gasteiger partial charge in [0.1, 0.15) is 73.2 Å². The Morgan fingerprint density at radius 2 is 0.875 bits per heavy atom. The number of rotatable bonds is 21. The summed E-state index contributed by atoms with van der Waals surface area (Å²) >= 11 is 0. The van der Waals surface area contributed by atoms with Gasteiger partial charge in [-0.25, -0.2) is 0 Å². The third kappa shape index (κ3) is 14.6. The lowest BCUT2D eigenvalue weighted by Crippen LogP contribution is -2.62. The standard InChI is InChI=1S/C35H67O20P/c1-34(2,3)51-14-11-10-12-47-16-19-22(36)25(39)29(43)32(53-19)49-18-21-24(38)27(41)30(44)33(55-21)50-17-20-23(37)26(40)28(42)31(54-20)48-13-8-7-9-15-52-56(45,46)35(4,5)6/h19-33,36-44H,7-18H2,1-6H3,(H,45,46). The van der Waals surface area contributed by atoms with E-state index in [9.17, 15) is 55.4 Å². The van der Waals surface area contributed by atoms with E-state index < -0.39 is 118 Å². The van der Waals surface area contributed by atoms with Crippen molar-refractivity contribution >= 4 is 7.60 Å². The lowest BCUT2D eigenvalue weighted by Gasteiger charge is -2.44. The molecule has 0 bridgehead atoms. The Bertz CT molecular complexity index is 1170. The van der Waals surface area contributed by atoms with Gasteiger partial charge in [-0.15, -0.1) is 0 Å². The molecule has 16 atom stereocenters. The van der Waals surface area contributed by atoms with Crippen LogP contribution in [0, 0.1) is 0 Å². The number of aliphatic hydroxyl groups is 9. The molecule has 0 radical (unpaired) electrons. The fourth-order valence-corrected chi connectivity index (χ4v) is 6.57. The summed E-state index contributed by atoms with van der Waals surface area (Å²) in [5.74, 6) is 0. The van der Waals surface area contributed by atoms with E-state index >= 15 is 0 Å². The molecule has 56 heavy (non-hydrogen) atoms. The molecule has 10 N–H and O–H groups in total. The number of unbranched alkanes of at least 4 members (excludes halogenated alkanes) is 3. The van der Waals surface area contributed by atoms with Crippen molar-refractivity contribution in [2.75, 3.05) is 46.2 Å². The van der Waals surface area contributed by atoms with Gasteiger partial charge in [0.2, 0.25) is 0 Å². The van der Waals surface area contributed by atoms with Crippen molar-refractivity contribution < 1.29 is 97.8 Å². The van der Waals surface area contributed by atoms with Crippen LogP contribution in [-0.4, -0.2) is 200 Å². The fraction of sp³-hybridized carbons (Fsp3) is 1.00. The van der Waals surface area contributed by atoms with Gasteiger partial charge in [0.15, 0.2) is 18.9 Å². The molecule has 0 aliphatic carbocycles. The van der Waals surface area contributed by atoms with E-state index in [1.165, 1.54) is 0 Å². The predicted octanol–water partition coefficient (Wildman–Crippen LogP) is -1.76. The number of hydrogen-bond donors (Lipinski definition) is 10. The van der Waals surface area contributed by atoms with Crippen molar-refractivity contribution in [2.45, 2.75) is 177 Å². The second-order valence-corrected chi connectivity index (χ2v) is 19.1. The number of ether oxygens (including phenoxy) is 8. The Balaban J connectivity index is 1.47. The van der Waals surface area contributed by atoms with Gasteiger partial charge in [-0.1, -0.05) is 0 Å². The smallest absolute Gasteiger partial charge is 0.333 e. The zero-order chi connectivity index (χ0) is 42.0.